The van der Waals surface area contributed by atoms with E-state index in [9.17, 15) is 14.7 Å². The molecular weight excluding hydrogens is 308 g/mol. The molecule has 0 aromatic carbocycles. The Kier molecular flexibility index (Phi) is 4.89. The number of hydrogen-bond acceptors (Lipinski definition) is 4. The molecule has 132 valence electrons. The van der Waals surface area contributed by atoms with Crippen LogP contribution in [0.4, 0.5) is 0 Å². The maximum Gasteiger partial charge on any atom is 0.332 e. The molecule has 1 saturated carbocycles. The van der Waals surface area contributed by atoms with Crippen molar-refractivity contribution >= 4 is 11.2 Å². The number of rotatable bonds is 5. The first kappa shape index (κ1) is 17.0. The van der Waals surface area contributed by atoms with Crippen LogP contribution in [-0.4, -0.2) is 30.3 Å². The maximum absolute atomic E-state index is 12.7. The molecule has 3 rings (SSSR count). The molecule has 24 heavy (non-hydrogen) atoms. The maximum atomic E-state index is 12.7. The Morgan fingerprint density at radius 1 is 1.08 bits per heavy atom. The smallest absolute Gasteiger partial charge is 0.332 e. The van der Waals surface area contributed by atoms with E-state index in [1.54, 1.807) is 4.57 Å². The lowest BCUT2D eigenvalue weighted by atomic mass is 9.87. The fourth-order valence-electron chi connectivity index (χ4n) is 3.57. The molecule has 2 aromatic heterocycles. The summed E-state index contributed by atoms with van der Waals surface area (Å²) in [6, 6.07) is 0. The molecule has 2 heterocycles. The molecule has 0 unspecified atom stereocenters. The number of hydrogen-bond donors (Lipinski definition) is 2. The van der Waals surface area contributed by atoms with E-state index in [1.165, 1.54) is 4.57 Å². The first-order valence-corrected chi connectivity index (χ1v) is 8.98. The Balaban J connectivity index is 2.13. The highest BCUT2D eigenvalue weighted by atomic mass is 16.3. The molecule has 0 atom stereocenters. The molecule has 0 aliphatic heterocycles. The Morgan fingerprint density at radius 2 is 1.71 bits per heavy atom. The lowest BCUT2D eigenvalue weighted by molar-refractivity contribution is 0.121. The average Bonchev–Trinajstić information content (AvgIpc) is 3.01. The van der Waals surface area contributed by atoms with Crippen molar-refractivity contribution in [2.75, 3.05) is 0 Å². The normalized spacial score (nSPS) is 21.5. The Bertz CT molecular complexity index is 825. The number of aromatic amines is 1. The first-order chi connectivity index (χ1) is 11.6. The topological polar surface area (TPSA) is 92.9 Å². The molecule has 0 bridgehead atoms. The second kappa shape index (κ2) is 6.93. The van der Waals surface area contributed by atoms with Crippen molar-refractivity contribution in [3.8, 4) is 0 Å². The van der Waals surface area contributed by atoms with E-state index < -0.39 is 0 Å². The van der Waals surface area contributed by atoms with Gasteiger partial charge in [0.1, 0.15) is 11.3 Å². The van der Waals surface area contributed by atoms with Crippen molar-refractivity contribution in [3.63, 3.8) is 0 Å². The van der Waals surface area contributed by atoms with Crippen LogP contribution in [0.25, 0.3) is 11.2 Å². The molecule has 0 amide bonds. The van der Waals surface area contributed by atoms with E-state index in [4.69, 9.17) is 0 Å². The van der Waals surface area contributed by atoms with Gasteiger partial charge in [0.2, 0.25) is 0 Å². The molecule has 7 nitrogen and oxygen atoms in total. The summed E-state index contributed by atoms with van der Waals surface area (Å²) < 4.78 is 2.93. The summed E-state index contributed by atoms with van der Waals surface area (Å²) in [5, 5.41) is 9.67. The number of aromatic nitrogens is 4. The predicted octanol–water partition coefficient (Wildman–Crippen LogP) is 1.72. The first-order valence-electron chi connectivity index (χ1n) is 8.98. The van der Waals surface area contributed by atoms with Gasteiger partial charge in [0, 0.05) is 19.0 Å². The van der Waals surface area contributed by atoms with Crippen molar-refractivity contribution in [2.24, 2.45) is 0 Å². The number of aryl methyl sites for hydroxylation is 1. The van der Waals surface area contributed by atoms with Crippen LogP contribution in [0.15, 0.2) is 9.59 Å². The summed E-state index contributed by atoms with van der Waals surface area (Å²) >= 11 is 0. The summed E-state index contributed by atoms with van der Waals surface area (Å²) in [7, 11) is 0. The number of H-pyrrole nitrogens is 1. The summed E-state index contributed by atoms with van der Waals surface area (Å²) in [6.45, 7) is 4.92. The zero-order chi connectivity index (χ0) is 17.3. The van der Waals surface area contributed by atoms with E-state index in [-0.39, 0.29) is 23.3 Å². The van der Waals surface area contributed by atoms with Gasteiger partial charge in [-0.15, -0.1) is 0 Å². The Labute approximate surface area is 140 Å². The molecule has 0 spiro atoms. The second-order valence-electron chi connectivity index (χ2n) is 6.72. The Hall–Kier alpha value is -1.89. The van der Waals surface area contributed by atoms with Crippen LogP contribution in [0, 0.1) is 0 Å². The Morgan fingerprint density at radius 3 is 2.33 bits per heavy atom. The van der Waals surface area contributed by atoms with Gasteiger partial charge in [-0.1, -0.05) is 13.8 Å². The van der Waals surface area contributed by atoms with E-state index in [0.717, 1.165) is 44.3 Å². The summed E-state index contributed by atoms with van der Waals surface area (Å²) in [6.07, 6.45) is 4.51. The third-order valence-electron chi connectivity index (χ3n) is 4.86. The van der Waals surface area contributed by atoms with Crippen LogP contribution in [0.1, 0.15) is 64.1 Å². The molecule has 7 heteroatoms. The van der Waals surface area contributed by atoms with Gasteiger partial charge in [-0.05, 0) is 38.5 Å². The average molecular weight is 334 g/mol. The third-order valence-corrected chi connectivity index (χ3v) is 4.86. The monoisotopic (exact) mass is 334 g/mol. The highest BCUT2D eigenvalue weighted by Gasteiger charge is 2.25. The van der Waals surface area contributed by atoms with Gasteiger partial charge in [0.15, 0.2) is 5.65 Å². The van der Waals surface area contributed by atoms with Gasteiger partial charge in [-0.25, -0.2) is 9.78 Å². The van der Waals surface area contributed by atoms with Crippen LogP contribution in [0.3, 0.4) is 0 Å². The molecule has 2 N–H and O–H groups in total. The minimum atomic E-state index is -0.279. The minimum Gasteiger partial charge on any atom is -0.393 e. The molecule has 1 aliphatic carbocycles. The van der Waals surface area contributed by atoms with E-state index >= 15 is 0 Å². The van der Waals surface area contributed by atoms with Crippen LogP contribution in [-0.2, 0) is 13.1 Å². The lowest BCUT2D eigenvalue weighted by Crippen LogP contribution is -2.40. The van der Waals surface area contributed by atoms with Gasteiger partial charge in [0.25, 0.3) is 5.56 Å². The summed E-state index contributed by atoms with van der Waals surface area (Å²) in [4.78, 5) is 33.1. The zero-order valence-corrected chi connectivity index (χ0v) is 14.4. The van der Waals surface area contributed by atoms with Crippen LogP contribution in [0.2, 0.25) is 0 Å². The quantitative estimate of drug-likeness (QED) is 0.871. The summed E-state index contributed by atoms with van der Waals surface area (Å²) in [5.41, 5.74) is 0.352. The third kappa shape index (κ3) is 2.92. The van der Waals surface area contributed by atoms with Crippen molar-refractivity contribution in [1.29, 1.82) is 0 Å². The molecule has 1 fully saturated rings. The van der Waals surface area contributed by atoms with Gasteiger partial charge in [0.05, 0.1) is 6.10 Å². The largest absolute Gasteiger partial charge is 0.393 e. The summed E-state index contributed by atoms with van der Waals surface area (Å²) in [5.74, 6) is 0.984. The highest BCUT2D eigenvalue weighted by molar-refractivity contribution is 5.70. The number of aliphatic hydroxyl groups excluding tert-OH is 1. The van der Waals surface area contributed by atoms with Crippen molar-refractivity contribution in [1.82, 2.24) is 19.1 Å². The van der Waals surface area contributed by atoms with E-state index in [0.29, 0.717) is 24.3 Å². The fourth-order valence-corrected chi connectivity index (χ4v) is 3.57. The standard InChI is InChI=1S/C17H26N4O3/c1-3-9-20-15-13(16(23)21(10-4-2)17(20)24)18-14(19-15)11-5-7-12(22)8-6-11/h11-12,22H,3-10H2,1-2H3,(H,18,19). The zero-order valence-electron chi connectivity index (χ0n) is 14.4. The van der Waals surface area contributed by atoms with Gasteiger partial charge in [-0.2, -0.15) is 0 Å². The molecule has 1 aliphatic rings. The van der Waals surface area contributed by atoms with Gasteiger partial charge >= 0.3 is 5.69 Å². The minimum absolute atomic E-state index is 0.213. The number of imidazole rings is 1. The SMILES string of the molecule is CCCn1c(=O)c2[nH]c(C3CCC(O)CC3)nc2n(CCC)c1=O. The van der Waals surface area contributed by atoms with Gasteiger partial charge in [-0.3, -0.25) is 13.9 Å². The van der Waals surface area contributed by atoms with Gasteiger partial charge < -0.3 is 10.1 Å². The van der Waals surface area contributed by atoms with E-state index in [1.807, 2.05) is 13.8 Å². The van der Waals surface area contributed by atoms with Crippen LogP contribution in [0.5, 0.6) is 0 Å². The molecule has 0 saturated heterocycles. The number of aliphatic hydroxyl groups is 1. The highest BCUT2D eigenvalue weighted by Crippen LogP contribution is 2.31. The molecule has 2 aromatic rings. The van der Waals surface area contributed by atoms with Crippen LogP contribution < -0.4 is 11.2 Å². The number of nitrogens with one attached hydrogen (secondary N) is 1. The number of fused-ring (bicyclic) bond motifs is 1. The molecule has 0 radical (unpaired) electrons. The van der Waals surface area contributed by atoms with E-state index in [2.05, 4.69) is 9.97 Å². The molecular formula is C17H26N4O3. The second-order valence-corrected chi connectivity index (χ2v) is 6.72. The number of nitrogens with zero attached hydrogens (tertiary/aromatic N) is 3. The fraction of sp³-hybridized carbons (Fsp3) is 0.706. The van der Waals surface area contributed by atoms with Crippen molar-refractivity contribution in [3.05, 3.63) is 26.7 Å². The van der Waals surface area contributed by atoms with Crippen LogP contribution >= 0.6 is 0 Å². The lowest BCUT2D eigenvalue weighted by Gasteiger charge is -2.23. The predicted molar refractivity (Wildman–Crippen MR) is 92.4 cm³/mol. The van der Waals surface area contributed by atoms with Crippen molar-refractivity contribution in [2.45, 2.75) is 77.5 Å². The van der Waals surface area contributed by atoms with Crippen molar-refractivity contribution < 1.29 is 5.11 Å².